The van der Waals surface area contributed by atoms with Crippen molar-refractivity contribution < 1.29 is 9.59 Å². The maximum atomic E-state index is 13.1. The van der Waals surface area contributed by atoms with Crippen LogP contribution in [0.15, 0.2) is 67.0 Å². The number of imidazole rings is 1. The summed E-state index contributed by atoms with van der Waals surface area (Å²) in [5, 5.41) is 11.1. The number of aromatic amines is 2. The van der Waals surface area contributed by atoms with Gasteiger partial charge >= 0.3 is 6.03 Å². The van der Waals surface area contributed by atoms with E-state index in [2.05, 4.69) is 25.5 Å². The molecule has 0 saturated carbocycles. The van der Waals surface area contributed by atoms with E-state index < -0.39 is 0 Å². The monoisotopic (exact) mass is 443 g/mol. The lowest BCUT2D eigenvalue weighted by molar-refractivity contribution is 0.0659. The number of fused-ring (bicyclic) bond motifs is 1. The van der Waals surface area contributed by atoms with Crippen LogP contribution >= 0.6 is 0 Å². The molecule has 1 atom stereocenters. The molecule has 0 spiro atoms. The highest BCUT2D eigenvalue weighted by Crippen LogP contribution is 2.19. The number of carbonyl (C=O) groups excluding carboxylic acids is 2. The summed E-state index contributed by atoms with van der Waals surface area (Å²) in [6, 6.07) is 17.1. The van der Waals surface area contributed by atoms with Gasteiger partial charge in [-0.15, -0.1) is 0 Å². The summed E-state index contributed by atoms with van der Waals surface area (Å²) in [6.45, 7) is 1.84. The second-order valence-corrected chi connectivity index (χ2v) is 8.05. The summed E-state index contributed by atoms with van der Waals surface area (Å²) in [7, 11) is 0. The van der Waals surface area contributed by atoms with Crippen LogP contribution in [0.2, 0.25) is 0 Å². The Hall–Kier alpha value is -4.14. The molecule has 1 aliphatic rings. The second kappa shape index (κ2) is 9.15. The molecule has 33 heavy (non-hydrogen) atoms. The Kier molecular flexibility index (Phi) is 5.75. The minimum absolute atomic E-state index is 0.118. The third kappa shape index (κ3) is 4.43. The largest absolute Gasteiger partial charge is 0.349 e. The van der Waals surface area contributed by atoms with Gasteiger partial charge in [0, 0.05) is 50.4 Å². The van der Waals surface area contributed by atoms with E-state index in [1.165, 1.54) is 0 Å². The first-order chi connectivity index (χ1) is 16.2. The molecule has 2 aromatic carbocycles. The van der Waals surface area contributed by atoms with Crippen LogP contribution in [-0.4, -0.2) is 68.1 Å². The van der Waals surface area contributed by atoms with Crippen LogP contribution in [0, 0.1) is 0 Å². The average molecular weight is 444 g/mol. The van der Waals surface area contributed by atoms with E-state index in [0.717, 1.165) is 22.3 Å². The van der Waals surface area contributed by atoms with Gasteiger partial charge in [-0.2, -0.15) is 5.10 Å². The SMILES string of the molecule is O=C(NC(Cc1ncc[nH]1)c1ccccc1)N1CCN(C(=O)c2n[nH]c3ccccc23)CC1. The van der Waals surface area contributed by atoms with Gasteiger partial charge in [0.2, 0.25) is 0 Å². The molecule has 2 aromatic heterocycles. The molecule has 5 rings (SSSR count). The Morgan fingerprint density at radius 1 is 0.970 bits per heavy atom. The highest BCUT2D eigenvalue weighted by atomic mass is 16.2. The highest BCUT2D eigenvalue weighted by molar-refractivity contribution is 6.04. The van der Waals surface area contributed by atoms with Crippen molar-refractivity contribution in [2.45, 2.75) is 12.5 Å². The van der Waals surface area contributed by atoms with Gasteiger partial charge in [0.1, 0.15) is 5.82 Å². The lowest BCUT2D eigenvalue weighted by atomic mass is 10.0. The Morgan fingerprint density at radius 3 is 2.45 bits per heavy atom. The van der Waals surface area contributed by atoms with Crippen molar-refractivity contribution in [1.29, 1.82) is 0 Å². The molecule has 3 N–H and O–H groups in total. The molecule has 168 valence electrons. The van der Waals surface area contributed by atoms with Gasteiger partial charge in [0.15, 0.2) is 5.69 Å². The fourth-order valence-corrected chi connectivity index (χ4v) is 4.17. The normalized spacial score (nSPS) is 14.9. The summed E-state index contributed by atoms with van der Waals surface area (Å²) in [5.74, 6) is 0.693. The van der Waals surface area contributed by atoms with Gasteiger partial charge in [-0.1, -0.05) is 48.5 Å². The van der Waals surface area contributed by atoms with E-state index >= 15 is 0 Å². The number of H-pyrrole nitrogens is 2. The molecule has 3 amide bonds. The van der Waals surface area contributed by atoms with E-state index in [4.69, 9.17) is 0 Å². The smallest absolute Gasteiger partial charge is 0.318 e. The van der Waals surface area contributed by atoms with Gasteiger partial charge < -0.3 is 20.1 Å². The molecule has 1 aliphatic heterocycles. The predicted molar refractivity (Wildman–Crippen MR) is 124 cm³/mol. The van der Waals surface area contributed by atoms with E-state index in [1.807, 2.05) is 54.6 Å². The van der Waals surface area contributed by atoms with Crippen molar-refractivity contribution in [3.63, 3.8) is 0 Å². The molecular formula is C24H25N7O2. The summed E-state index contributed by atoms with van der Waals surface area (Å²) in [6.07, 6.45) is 4.05. The lowest BCUT2D eigenvalue weighted by Gasteiger charge is -2.35. The van der Waals surface area contributed by atoms with Crippen molar-refractivity contribution >= 4 is 22.8 Å². The summed E-state index contributed by atoms with van der Waals surface area (Å²) in [4.78, 5) is 37.0. The highest BCUT2D eigenvalue weighted by Gasteiger charge is 2.28. The molecule has 3 heterocycles. The van der Waals surface area contributed by atoms with Gasteiger partial charge in [0.25, 0.3) is 5.91 Å². The Labute approximate surface area is 190 Å². The third-order valence-electron chi connectivity index (χ3n) is 5.98. The number of nitrogens with zero attached hydrogens (tertiary/aromatic N) is 4. The first-order valence-electron chi connectivity index (χ1n) is 11.0. The van der Waals surface area contributed by atoms with Gasteiger partial charge in [-0.3, -0.25) is 9.89 Å². The Bertz CT molecular complexity index is 1230. The van der Waals surface area contributed by atoms with Crippen molar-refractivity contribution in [1.82, 2.24) is 35.3 Å². The number of carbonyl (C=O) groups is 2. The van der Waals surface area contributed by atoms with Crippen LogP contribution in [0.5, 0.6) is 0 Å². The average Bonchev–Trinajstić information content (AvgIpc) is 3.54. The van der Waals surface area contributed by atoms with Gasteiger partial charge in [-0.05, 0) is 11.6 Å². The number of benzene rings is 2. The number of rotatable bonds is 5. The predicted octanol–water partition coefficient (Wildman–Crippen LogP) is 2.74. The van der Waals surface area contributed by atoms with Crippen LogP contribution in [0.25, 0.3) is 10.9 Å². The van der Waals surface area contributed by atoms with E-state index in [1.54, 1.807) is 22.2 Å². The van der Waals surface area contributed by atoms with E-state index in [9.17, 15) is 9.59 Å². The fraction of sp³-hybridized carbons (Fsp3) is 0.250. The fourth-order valence-electron chi connectivity index (χ4n) is 4.17. The van der Waals surface area contributed by atoms with Crippen LogP contribution in [0.4, 0.5) is 4.79 Å². The Morgan fingerprint density at radius 2 is 1.70 bits per heavy atom. The van der Waals surface area contributed by atoms with Crippen LogP contribution < -0.4 is 5.32 Å². The molecule has 1 unspecified atom stereocenters. The minimum Gasteiger partial charge on any atom is -0.349 e. The zero-order valence-corrected chi connectivity index (χ0v) is 18.1. The summed E-state index contributed by atoms with van der Waals surface area (Å²) >= 11 is 0. The van der Waals surface area contributed by atoms with Crippen LogP contribution in [0.1, 0.15) is 27.9 Å². The molecule has 1 fully saturated rings. The van der Waals surface area contributed by atoms with Crippen molar-refractivity contribution in [3.8, 4) is 0 Å². The molecular weight excluding hydrogens is 418 g/mol. The van der Waals surface area contributed by atoms with Gasteiger partial charge in [-0.25, -0.2) is 9.78 Å². The molecule has 0 radical (unpaired) electrons. The van der Waals surface area contributed by atoms with Crippen molar-refractivity contribution in [3.05, 3.63) is 84.1 Å². The second-order valence-electron chi connectivity index (χ2n) is 8.05. The number of aromatic nitrogens is 4. The minimum atomic E-state index is -0.208. The standard InChI is InChI=1S/C24H25N7O2/c32-23(22-18-8-4-5-9-19(18)28-29-22)30-12-14-31(15-13-30)24(33)27-20(16-21-25-10-11-26-21)17-6-2-1-3-7-17/h1-11,20H,12-16H2,(H,25,26)(H,27,33)(H,28,29). The Balaban J connectivity index is 1.22. The first kappa shape index (κ1) is 20.7. The molecule has 0 bridgehead atoms. The number of amides is 3. The number of piperazine rings is 1. The quantitative estimate of drug-likeness (QED) is 0.440. The zero-order chi connectivity index (χ0) is 22.6. The number of hydrogen-bond acceptors (Lipinski definition) is 4. The molecule has 9 heteroatoms. The maximum absolute atomic E-state index is 13.1. The zero-order valence-electron chi connectivity index (χ0n) is 18.1. The lowest BCUT2D eigenvalue weighted by Crippen LogP contribution is -2.53. The van der Waals surface area contributed by atoms with Crippen molar-refractivity contribution in [2.75, 3.05) is 26.2 Å². The van der Waals surface area contributed by atoms with E-state index in [-0.39, 0.29) is 18.0 Å². The maximum Gasteiger partial charge on any atom is 0.318 e. The van der Waals surface area contributed by atoms with Crippen LogP contribution in [0.3, 0.4) is 0 Å². The van der Waals surface area contributed by atoms with Crippen LogP contribution in [-0.2, 0) is 6.42 Å². The number of nitrogens with one attached hydrogen (secondary N) is 3. The van der Waals surface area contributed by atoms with Crippen molar-refractivity contribution in [2.24, 2.45) is 0 Å². The van der Waals surface area contributed by atoms with Gasteiger partial charge in [0.05, 0.1) is 11.6 Å². The number of para-hydroxylation sites is 1. The summed E-state index contributed by atoms with van der Waals surface area (Å²) < 4.78 is 0. The third-order valence-corrected chi connectivity index (χ3v) is 5.98. The number of urea groups is 1. The molecule has 0 aliphatic carbocycles. The first-order valence-corrected chi connectivity index (χ1v) is 11.0. The molecule has 1 saturated heterocycles. The number of hydrogen-bond donors (Lipinski definition) is 3. The molecule has 9 nitrogen and oxygen atoms in total. The molecule has 4 aromatic rings. The summed E-state index contributed by atoms with van der Waals surface area (Å²) in [5.41, 5.74) is 2.27. The van der Waals surface area contributed by atoms with E-state index in [0.29, 0.717) is 38.3 Å². The topological polar surface area (TPSA) is 110 Å².